The number of halogens is 1. The molecule has 1 saturated heterocycles. The normalized spacial score (nSPS) is 21.9. The lowest BCUT2D eigenvalue weighted by Gasteiger charge is -2.43. The van der Waals surface area contributed by atoms with Gasteiger partial charge in [0.05, 0.1) is 19.2 Å². The second-order valence-electron chi connectivity index (χ2n) is 7.63. The zero-order valence-corrected chi connectivity index (χ0v) is 16.4. The van der Waals surface area contributed by atoms with E-state index in [1.165, 1.54) is 7.11 Å². The molecule has 4 nitrogen and oxygen atoms in total. The number of fused-ring (bicyclic) bond motifs is 3. The maximum atomic E-state index is 15.1. The molecule has 0 amide bonds. The molecule has 30 heavy (non-hydrogen) atoms. The maximum absolute atomic E-state index is 15.1. The van der Waals surface area contributed by atoms with E-state index in [0.717, 1.165) is 27.8 Å². The number of hydrogen-bond acceptors (Lipinski definition) is 4. The summed E-state index contributed by atoms with van der Waals surface area (Å²) in [5.74, 6) is -1.35. The van der Waals surface area contributed by atoms with Gasteiger partial charge in [0.1, 0.15) is 6.04 Å². The van der Waals surface area contributed by atoms with Crippen molar-refractivity contribution in [1.29, 1.82) is 0 Å². The van der Waals surface area contributed by atoms with Crippen LogP contribution in [-0.4, -0.2) is 42.5 Å². The number of carbonyl (C=O) groups excluding carboxylic acids is 2. The van der Waals surface area contributed by atoms with Gasteiger partial charge < -0.3 is 4.74 Å². The lowest BCUT2D eigenvalue weighted by atomic mass is 9.78. The van der Waals surface area contributed by atoms with Gasteiger partial charge in [-0.15, -0.1) is 0 Å². The van der Waals surface area contributed by atoms with Gasteiger partial charge in [-0.2, -0.15) is 0 Å². The third-order valence-electron chi connectivity index (χ3n) is 6.24. The Balaban J connectivity index is 1.88. The van der Waals surface area contributed by atoms with Crippen LogP contribution in [0.3, 0.4) is 0 Å². The Hall–Kier alpha value is -3.31. The molecule has 0 bridgehead atoms. The monoisotopic (exact) mass is 401 g/mol. The summed E-state index contributed by atoms with van der Waals surface area (Å²) >= 11 is 0. The number of Topliss-reactive ketones (excluding diaryl/α,β-unsaturated/α-hetero) is 1. The Morgan fingerprint density at radius 3 is 2.03 bits per heavy atom. The smallest absolute Gasteiger partial charge is 0.326 e. The molecule has 1 heterocycles. The highest BCUT2D eigenvalue weighted by Gasteiger charge is 2.59. The average Bonchev–Trinajstić information content (AvgIpc) is 3.26. The molecule has 0 aromatic heterocycles. The SMILES string of the molecule is COC(=O)[C@H]1[C@@H](F)C(=O)CN1C1(c2ccccc2)c2ccccc2-c2ccccc21. The van der Waals surface area contributed by atoms with Crippen molar-refractivity contribution in [3.63, 3.8) is 0 Å². The molecule has 0 spiro atoms. The van der Waals surface area contributed by atoms with Crippen LogP contribution < -0.4 is 0 Å². The molecule has 1 aliphatic heterocycles. The number of alkyl halides is 1. The molecular formula is C25H20FNO3. The summed E-state index contributed by atoms with van der Waals surface area (Å²) in [5, 5.41) is 0. The number of methoxy groups -OCH3 is 1. The fourth-order valence-corrected chi connectivity index (χ4v) is 5.06. The van der Waals surface area contributed by atoms with Crippen molar-refractivity contribution in [1.82, 2.24) is 4.90 Å². The number of carbonyl (C=O) groups is 2. The minimum atomic E-state index is -1.93. The predicted octanol–water partition coefficient (Wildman–Crippen LogP) is 3.72. The maximum Gasteiger partial charge on any atom is 0.326 e. The summed E-state index contributed by atoms with van der Waals surface area (Å²) in [6.45, 7) is -0.182. The molecule has 2 atom stereocenters. The molecular weight excluding hydrogens is 381 g/mol. The van der Waals surface area contributed by atoms with Crippen LogP contribution in [0.5, 0.6) is 0 Å². The fraction of sp³-hybridized carbons (Fsp3) is 0.200. The van der Waals surface area contributed by atoms with E-state index in [1.54, 1.807) is 4.90 Å². The van der Waals surface area contributed by atoms with Gasteiger partial charge in [-0.05, 0) is 27.8 Å². The Kier molecular flexibility index (Phi) is 4.29. The van der Waals surface area contributed by atoms with Crippen molar-refractivity contribution in [2.24, 2.45) is 0 Å². The van der Waals surface area contributed by atoms with Crippen LogP contribution in [0, 0.1) is 0 Å². The van der Waals surface area contributed by atoms with Crippen molar-refractivity contribution in [2.45, 2.75) is 17.8 Å². The number of ketones is 1. The molecule has 5 heteroatoms. The van der Waals surface area contributed by atoms with Gasteiger partial charge >= 0.3 is 5.97 Å². The first-order valence-electron chi connectivity index (χ1n) is 9.87. The van der Waals surface area contributed by atoms with Crippen LogP contribution >= 0.6 is 0 Å². The number of nitrogens with zero attached hydrogens (tertiary/aromatic N) is 1. The van der Waals surface area contributed by atoms with E-state index < -0.39 is 29.5 Å². The Bertz CT molecular complexity index is 1100. The Labute approximate surface area is 173 Å². The van der Waals surface area contributed by atoms with E-state index in [1.807, 2.05) is 78.9 Å². The number of ether oxygens (including phenoxy) is 1. The second-order valence-corrected chi connectivity index (χ2v) is 7.63. The van der Waals surface area contributed by atoms with E-state index in [9.17, 15) is 9.59 Å². The number of esters is 1. The summed E-state index contributed by atoms with van der Waals surface area (Å²) in [6.07, 6.45) is -1.93. The van der Waals surface area contributed by atoms with Crippen LogP contribution in [0.15, 0.2) is 78.9 Å². The highest BCUT2D eigenvalue weighted by atomic mass is 19.1. The van der Waals surface area contributed by atoms with Gasteiger partial charge in [0.25, 0.3) is 0 Å². The first-order chi connectivity index (χ1) is 14.6. The van der Waals surface area contributed by atoms with Crippen LogP contribution in [-0.2, 0) is 19.9 Å². The molecule has 0 N–H and O–H groups in total. The van der Waals surface area contributed by atoms with E-state index in [-0.39, 0.29) is 6.54 Å². The van der Waals surface area contributed by atoms with Gasteiger partial charge in [0.2, 0.25) is 0 Å². The zero-order valence-electron chi connectivity index (χ0n) is 16.4. The van der Waals surface area contributed by atoms with E-state index in [4.69, 9.17) is 4.74 Å². The number of rotatable bonds is 3. The van der Waals surface area contributed by atoms with Gasteiger partial charge in [0, 0.05) is 0 Å². The third kappa shape index (κ3) is 2.36. The Morgan fingerprint density at radius 1 is 0.933 bits per heavy atom. The molecule has 0 saturated carbocycles. The summed E-state index contributed by atoms with van der Waals surface area (Å²) in [4.78, 5) is 26.9. The van der Waals surface area contributed by atoms with Crippen molar-refractivity contribution >= 4 is 11.8 Å². The van der Waals surface area contributed by atoms with E-state index >= 15 is 4.39 Å². The predicted molar refractivity (Wildman–Crippen MR) is 111 cm³/mol. The molecule has 1 fully saturated rings. The second kappa shape index (κ2) is 6.89. The standard InChI is InChI=1S/C25H20FNO3/c1-30-24(29)23-22(26)21(28)15-27(23)25(16-9-3-2-4-10-16)19-13-7-5-11-17(19)18-12-6-8-14-20(18)25/h2-14,22-23H,15H2,1H3/t22-,23+/m0/s1. The van der Waals surface area contributed by atoms with Crippen molar-refractivity contribution in [3.05, 3.63) is 95.6 Å². The molecule has 0 unspecified atom stereocenters. The molecule has 0 radical (unpaired) electrons. The van der Waals surface area contributed by atoms with Crippen molar-refractivity contribution in [3.8, 4) is 11.1 Å². The number of benzene rings is 3. The molecule has 3 aromatic rings. The highest BCUT2D eigenvalue weighted by Crippen LogP contribution is 2.55. The van der Waals surface area contributed by atoms with Crippen molar-refractivity contribution < 1.29 is 18.7 Å². The van der Waals surface area contributed by atoms with Gasteiger partial charge in [-0.25, -0.2) is 4.39 Å². The lowest BCUT2D eigenvalue weighted by Crippen LogP contribution is -2.53. The summed E-state index contributed by atoms with van der Waals surface area (Å²) < 4.78 is 20.0. The summed E-state index contributed by atoms with van der Waals surface area (Å²) in [5.41, 5.74) is 3.76. The topological polar surface area (TPSA) is 46.6 Å². The molecule has 3 aromatic carbocycles. The molecule has 2 aliphatic rings. The average molecular weight is 401 g/mol. The Morgan fingerprint density at radius 2 is 1.47 bits per heavy atom. The highest BCUT2D eigenvalue weighted by molar-refractivity contribution is 5.96. The third-order valence-corrected chi connectivity index (χ3v) is 6.24. The van der Waals surface area contributed by atoms with Crippen LogP contribution in [0.25, 0.3) is 11.1 Å². The van der Waals surface area contributed by atoms with E-state index in [2.05, 4.69) is 0 Å². The first kappa shape index (κ1) is 18.7. The van der Waals surface area contributed by atoms with Crippen LogP contribution in [0.4, 0.5) is 4.39 Å². The van der Waals surface area contributed by atoms with Gasteiger partial charge in [-0.3, -0.25) is 14.5 Å². The summed E-state index contributed by atoms with van der Waals surface area (Å²) in [7, 11) is 1.22. The first-order valence-corrected chi connectivity index (χ1v) is 9.87. The van der Waals surface area contributed by atoms with Crippen molar-refractivity contribution in [2.75, 3.05) is 13.7 Å². The molecule has 1 aliphatic carbocycles. The minimum absolute atomic E-state index is 0.182. The van der Waals surface area contributed by atoms with Crippen LogP contribution in [0.2, 0.25) is 0 Å². The zero-order chi connectivity index (χ0) is 20.9. The summed E-state index contributed by atoms with van der Waals surface area (Å²) in [6, 6.07) is 24.2. The van der Waals surface area contributed by atoms with E-state index in [0.29, 0.717) is 0 Å². The van der Waals surface area contributed by atoms with Crippen LogP contribution in [0.1, 0.15) is 16.7 Å². The largest absolute Gasteiger partial charge is 0.468 e. The van der Waals surface area contributed by atoms with Gasteiger partial charge in [-0.1, -0.05) is 78.9 Å². The minimum Gasteiger partial charge on any atom is -0.468 e. The molecule has 150 valence electrons. The molecule has 5 rings (SSSR count). The quantitative estimate of drug-likeness (QED) is 0.628. The fourth-order valence-electron chi connectivity index (χ4n) is 5.06. The number of likely N-dealkylation sites (tertiary alicyclic amines) is 1. The van der Waals surface area contributed by atoms with Gasteiger partial charge in [0.15, 0.2) is 12.0 Å². The lowest BCUT2D eigenvalue weighted by molar-refractivity contribution is -0.149. The number of hydrogen-bond donors (Lipinski definition) is 0.